The van der Waals surface area contributed by atoms with E-state index in [1.807, 2.05) is 47.0 Å². The Labute approximate surface area is 166 Å². The van der Waals surface area contributed by atoms with E-state index < -0.39 is 0 Å². The second-order valence-electron chi connectivity index (χ2n) is 5.89. The van der Waals surface area contributed by atoms with E-state index in [0.29, 0.717) is 21.3 Å². The Hall–Kier alpha value is -2.83. The number of imidazole rings is 1. The summed E-state index contributed by atoms with van der Waals surface area (Å²) in [6, 6.07) is 13.6. The van der Waals surface area contributed by atoms with E-state index in [1.54, 1.807) is 26.5 Å². The van der Waals surface area contributed by atoms with Crippen LogP contribution >= 0.6 is 23.8 Å². The lowest BCUT2D eigenvalue weighted by Gasteiger charge is -2.10. The monoisotopic (exact) mass is 397 g/mol. The van der Waals surface area contributed by atoms with Gasteiger partial charge in [-0.15, -0.1) is 0 Å². The number of methoxy groups -OCH3 is 2. The highest BCUT2D eigenvalue weighted by molar-refractivity contribution is 7.71. The van der Waals surface area contributed by atoms with Gasteiger partial charge >= 0.3 is 0 Å². The zero-order valence-corrected chi connectivity index (χ0v) is 16.3. The van der Waals surface area contributed by atoms with Crippen molar-refractivity contribution in [1.29, 1.82) is 0 Å². The predicted octanol–water partition coefficient (Wildman–Crippen LogP) is 5.40. The number of aromatic nitrogens is 3. The van der Waals surface area contributed by atoms with Crippen LogP contribution < -0.4 is 9.47 Å². The van der Waals surface area contributed by atoms with Crippen molar-refractivity contribution in [2.45, 2.75) is 0 Å². The van der Waals surface area contributed by atoms with E-state index in [2.05, 4.69) is 9.97 Å². The molecule has 1 N–H and O–H groups in total. The van der Waals surface area contributed by atoms with E-state index in [9.17, 15) is 0 Å². The largest absolute Gasteiger partial charge is 0.496 e. The second kappa shape index (κ2) is 7.06. The summed E-state index contributed by atoms with van der Waals surface area (Å²) in [7, 11) is 3.18. The van der Waals surface area contributed by atoms with Gasteiger partial charge in [0.1, 0.15) is 17.1 Å². The normalized spacial score (nSPS) is 10.9. The number of hydrogen-bond acceptors (Lipinski definition) is 4. The molecule has 2 aromatic heterocycles. The molecule has 0 spiro atoms. The molecule has 0 atom stereocenters. The van der Waals surface area contributed by atoms with E-state index in [-0.39, 0.29) is 0 Å². The lowest BCUT2D eigenvalue weighted by Crippen LogP contribution is -1.92. The van der Waals surface area contributed by atoms with Crippen LogP contribution in [0.3, 0.4) is 0 Å². The molecule has 0 saturated carbocycles. The van der Waals surface area contributed by atoms with Gasteiger partial charge in [0.25, 0.3) is 0 Å². The van der Waals surface area contributed by atoms with Crippen LogP contribution in [0, 0.1) is 4.77 Å². The summed E-state index contributed by atoms with van der Waals surface area (Å²) in [6.45, 7) is 0. The van der Waals surface area contributed by atoms with Gasteiger partial charge in [0.2, 0.25) is 4.77 Å². The van der Waals surface area contributed by atoms with Crippen LogP contribution in [0.4, 0.5) is 0 Å². The Morgan fingerprint density at radius 1 is 1.04 bits per heavy atom. The number of H-pyrrole nitrogens is 1. The number of nitrogens with zero attached hydrogens (tertiary/aromatic N) is 2. The van der Waals surface area contributed by atoms with Gasteiger partial charge in [-0.05, 0) is 23.8 Å². The molecule has 0 radical (unpaired) electrons. The second-order valence-corrected chi connectivity index (χ2v) is 6.67. The van der Waals surface area contributed by atoms with Crippen LogP contribution in [0.2, 0.25) is 5.02 Å². The van der Waals surface area contributed by atoms with Crippen LogP contribution in [-0.4, -0.2) is 28.6 Å². The molecule has 0 fully saturated rings. The summed E-state index contributed by atoms with van der Waals surface area (Å²) in [6.07, 6.45) is 3.69. The molecule has 0 aliphatic carbocycles. The third kappa shape index (κ3) is 3.07. The number of rotatable bonds is 4. The highest BCUT2D eigenvalue weighted by Gasteiger charge is 2.16. The van der Waals surface area contributed by atoms with Crippen molar-refractivity contribution in [3.05, 3.63) is 64.7 Å². The molecule has 2 aromatic carbocycles. The Balaban J connectivity index is 1.98. The van der Waals surface area contributed by atoms with Gasteiger partial charge in [0.15, 0.2) is 0 Å². The molecular weight excluding hydrogens is 382 g/mol. The quantitative estimate of drug-likeness (QED) is 0.468. The number of nitrogens with one attached hydrogen (secondary N) is 1. The third-order valence-corrected chi connectivity index (χ3v) is 4.96. The van der Waals surface area contributed by atoms with Crippen molar-refractivity contribution in [3.8, 4) is 33.9 Å². The Morgan fingerprint density at radius 2 is 1.78 bits per heavy atom. The first-order chi connectivity index (χ1) is 13.1. The molecule has 27 heavy (non-hydrogen) atoms. The van der Waals surface area contributed by atoms with Crippen molar-refractivity contribution < 1.29 is 9.47 Å². The standard InChI is InChI=1S/C20H16ClN3O2S/c1-25-17-9-15(21)18(26-2)8-13(17)16-11-24-19(23-16)14(10-22-20(24)27)12-6-4-3-5-7-12/h3-11,23H,1-2H3. The van der Waals surface area contributed by atoms with Crippen LogP contribution in [0.5, 0.6) is 11.5 Å². The van der Waals surface area contributed by atoms with Crippen LogP contribution in [-0.2, 0) is 0 Å². The smallest absolute Gasteiger partial charge is 0.205 e. The fourth-order valence-electron chi connectivity index (χ4n) is 3.04. The predicted molar refractivity (Wildman–Crippen MR) is 109 cm³/mol. The third-order valence-electron chi connectivity index (χ3n) is 4.37. The first-order valence-corrected chi connectivity index (χ1v) is 8.98. The van der Waals surface area contributed by atoms with Crippen LogP contribution in [0.15, 0.2) is 54.9 Å². The average molecular weight is 398 g/mol. The van der Waals surface area contributed by atoms with E-state index in [1.165, 1.54) is 0 Å². The summed E-state index contributed by atoms with van der Waals surface area (Å²) in [5, 5.41) is 0.484. The van der Waals surface area contributed by atoms with Crippen molar-refractivity contribution >= 4 is 29.5 Å². The fourth-order valence-corrected chi connectivity index (χ4v) is 3.47. The highest BCUT2D eigenvalue weighted by atomic mass is 35.5. The van der Waals surface area contributed by atoms with E-state index in [0.717, 1.165) is 28.0 Å². The van der Waals surface area contributed by atoms with Gasteiger partial charge in [-0.1, -0.05) is 41.9 Å². The molecule has 5 nitrogen and oxygen atoms in total. The van der Waals surface area contributed by atoms with Gasteiger partial charge in [-0.25, -0.2) is 4.98 Å². The minimum absolute atomic E-state index is 0.465. The molecule has 0 aliphatic rings. The first-order valence-electron chi connectivity index (χ1n) is 8.20. The van der Waals surface area contributed by atoms with Crippen molar-refractivity contribution in [3.63, 3.8) is 0 Å². The molecule has 0 bridgehead atoms. The number of hydrogen-bond donors (Lipinski definition) is 1. The van der Waals surface area contributed by atoms with Crippen LogP contribution in [0.25, 0.3) is 28.0 Å². The molecule has 0 amide bonds. The van der Waals surface area contributed by atoms with Gasteiger partial charge in [-0.2, -0.15) is 0 Å². The summed E-state index contributed by atoms with van der Waals surface area (Å²) in [5.74, 6) is 1.20. The number of aromatic amines is 1. The van der Waals surface area contributed by atoms with Gasteiger partial charge in [-0.3, -0.25) is 4.40 Å². The summed E-state index contributed by atoms with van der Waals surface area (Å²) < 4.78 is 13.2. The topological polar surface area (TPSA) is 51.5 Å². The first kappa shape index (κ1) is 17.6. The Kier molecular flexibility index (Phi) is 4.59. The zero-order valence-electron chi connectivity index (χ0n) is 14.7. The highest BCUT2D eigenvalue weighted by Crippen LogP contribution is 2.38. The minimum Gasteiger partial charge on any atom is -0.496 e. The minimum atomic E-state index is 0.465. The number of ether oxygens (including phenoxy) is 2. The Bertz CT molecular complexity index is 1190. The number of fused-ring (bicyclic) bond motifs is 1. The molecule has 2 heterocycles. The molecule has 4 aromatic rings. The van der Waals surface area contributed by atoms with Gasteiger partial charge < -0.3 is 14.5 Å². The lowest BCUT2D eigenvalue weighted by molar-refractivity contribution is 0.404. The summed E-state index contributed by atoms with van der Waals surface area (Å²) >= 11 is 11.6. The fraction of sp³-hybridized carbons (Fsp3) is 0.100. The number of halogens is 1. The molecule has 0 saturated heterocycles. The molecule has 0 aliphatic heterocycles. The summed E-state index contributed by atoms with van der Waals surface area (Å²) in [5.41, 5.74) is 4.49. The lowest BCUT2D eigenvalue weighted by atomic mass is 10.1. The maximum Gasteiger partial charge on any atom is 0.205 e. The maximum absolute atomic E-state index is 6.23. The van der Waals surface area contributed by atoms with Crippen molar-refractivity contribution in [1.82, 2.24) is 14.4 Å². The number of benzene rings is 2. The maximum atomic E-state index is 6.23. The molecule has 4 rings (SSSR count). The van der Waals surface area contributed by atoms with E-state index >= 15 is 0 Å². The summed E-state index contributed by atoms with van der Waals surface area (Å²) in [4.78, 5) is 7.80. The average Bonchev–Trinajstić information content (AvgIpc) is 3.14. The van der Waals surface area contributed by atoms with Gasteiger partial charge in [0.05, 0.1) is 24.9 Å². The van der Waals surface area contributed by atoms with Crippen molar-refractivity contribution in [2.75, 3.05) is 14.2 Å². The molecule has 0 unspecified atom stereocenters. The van der Waals surface area contributed by atoms with E-state index in [4.69, 9.17) is 33.3 Å². The Morgan fingerprint density at radius 3 is 2.48 bits per heavy atom. The molecule has 136 valence electrons. The van der Waals surface area contributed by atoms with Crippen molar-refractivity contribution in [2.24, 2.45) is 0 Å². The van der Waals surface area contributed by atoms with Gasteiger partial charge in [0, 0.05) is 29.6 Å². The zero-order chi connectivity index (χ0) is 19.0. The molecule has 7 heteroatoms. The molecular formula is C20H16ClN3O2S. The van der Waals surface area contributed by atoms with Crippen LogP contribution in [0.1, 0.15) is 0 Å². The SMILES string of the molecule is COc1cc(-c2cn3c(=S)ncc(-c4ccccc4)c3[nH]2)c(OC)cc1Cl.